The molecule has 2 saturated heterocycles. The maximum Gasteiger partial charge on any atom is 0.163 e. The van der Waals surface area contributed by atoms with Gasteiger partial charge >= 0.3 is 0 Å². The second-order valence-electron chi connectivity index (χ2n) is 6.78. The first-order valence-electron chi connectivity index (χ1n) is 8.10. The van der Waals surface area contributed by atoms with Crippen LogP contribution in [0.5, 0.6) is 0 Å². The predicted molar refractivity (Wildman–Crippen MR) is 81.4 cm³/mol. The summed E-state index contributed by atoms with van der Waals surface area (Å²) in [5.74, 6) is -1.48. The molecule has 0 radical (unpaired) electrons. The summed E-state index contributed by atoms with van der Waals surface area (Å²) in [5, 5.41) is 9.09. The third-order valence-electron chi connectivity index (χ3n) is 5.10. The van der Waals surface area contributed by atoms with Crippen LogP contribution in [0, 0.1) is 17.0 Å². The van der Waals surface area contributed by atoms with Gasteiger partial charge in [-0.3, -0.25) is 4.90 Å². The first-order valence-corrected chi connectivity index (χ1v) is 8.10. The Morgan fingerprint density at radius 2 is 1.91 bits per heavy atom. The van der Waals surface area contributed by atoms with Crippen LogP contribution >= 0.6 is 0 Å². The van der Waals surface area contributed by atoms with E-state index >= 15 is 0 Å². The third-order valence-corrected chi connectivity index (χ3v) is 5.10. The average molecular weight is 310 g/mol. The van der Waals surface area contributed by atoms with Crippen molar-refractivity contribution < 1.29 is 13.9 Å². The van der Waals surface area contributed by atoms with E-state index in [4.69, 9.17) is 5.11 Å². The zero-order valence-electron chi connectivity index (χ0n) is 12.9. The summed E-state index contributed by atoms with van der Waals surface area (Å²) in [4.78, 5) is 4.57. The minimum Gasteiger partial charge on any atom is -0.395 e. The number of benzene rings is 1. The van der Waals surface area contributed by atoms with Gasteiger partial charge < -0.3 is 10.0 Å². The SMILES string of the molecule is OCCN1CCC2(CCCN(Cc3cccc(F)c3F)C2)C1. The van der Waals surface area contributed by atoms with Crippen molar-refractivity contribution in [3.05, 3.63) is 35.4 Å². The van der Waals surface area contributed by atoms with E-state index in [9.17, 15) is 8.78 Å². The van der Waals surface area contributed by atoms with Crippen molar-refractivity contribution in [2.24, 2.45) is 5.41 Å². The van der Waals surface area contributed by atoms with E-state index in [1.807, 2.05) is 0 Å². The predicted octanol–water partition coefficient (Wildman–Crippen LogP) is 2.25. The van der Waals surface area contributed by atoms with Crippen molar-refractivity contribution >= 4 is 0 Å². The molecule has 1 unspecified atom stereocenters. The minimum atomic E-state index is -0.765. The molecule has 1 aromatic rings. The quantitative estimate of drug-likeness (QED) is 0.924. The van der Waals surface area contributed by atoms with Crippen LogP contribution in [0.3, 0.4) is 0 Å². The van der Waals surface area contributed by atoms with Gasteiger partial charge in [-0.2, -0.15) is 0 Å². The van der Waals surface area contributed by atoms with Crippen LogP contribution < -0.4 is 0 Å². The van der Waals surface area contributed by atoms with E-state index in [1.165, 1.54) is 12.5 Å². The molecule has 2 aliphatic rings. The van der Waals surface area contributed by atoms with Crippen LogP contribution in [0.25, 0.3) is 0 Å². The standard InChI is InChI=1S/C17H24F2N2O/c18-15-4-1-3-14(16(15)19)11-21-7-2-5-17(13-21)6-8-20(12-17)9-10-22/h1,3-4,22H,2,5-13H2. The molecular weight excluding hydrogens is 286 g/mol. The van der Waals surface area contributed by atoms with Gasteiger partial charge in [0.25, 0.3) is 0 Å². The van der Waals surface area contributed by atoms with Gasteiger partial charge in [0.2, 0.25) is 0 Å². The fraction of sp³-hybridized carbons (Fsp3) is 0.647. The van der Waals surface area contributed by atoms with Gasteiger partial charge in [-0.15, -0.1) is 0 Å². The number of aliphatic hydroxyl groups is 1. The number of nitrogens with zero attached hydrogens (tertiary/aromatic N) is 2. The highest BCUT2D eigenvalue weighted by Crippen LogP contribution is 2.39. The first-order chi connectivity index (χ1) is 10.6. The lowest BCUT2D eigenvalue weighted by atomic mass is 9.79. The molecule has 5 heteroatoms. The van der Waals surface area contributed by atoms with Crippen LogP contribution in [-0.2, 0) is 6.54 Å². The average Bonchev–Trinajstić information content (AvgIpc) is 2.87. The molecular formula is C17H24F2N2O. The minimum absolute atomic E-state index is 0.203. The van der Waals surface area contributed by atoms with Crippen molar-refractivity contribution in [1.29, 1.82) is 0 Å². The van der Waals surface area contributed by atoms with E-state index in [-0.39, 0.29) is 12.0 Å². The molecule has 2 fully saturated rings. The summed E-state index contributed by atoms with van der Waals surface area (Å²) in [7, 11) is 0. The zero-order valence-corrected chi connectivity index (χ0v) is 12.9. The molecule has 22 heavy (non-hydrogen) atoms. The van der Waals surface area contributed by atoms with Gasteiger partial charge in [-0.05, 0) is 43.8 Å². The number of hydrogen-bond acceptors (Lipinski definition) is 3. The zero-order chi connectivity index (χ0) is 15.6. The first kappa shape index (κ1) is 15.8. The van der Waals surface area contributed by atoms with E-state index in [2.05, 4.69) is 9.80 Å². The van der Waals surface area contributed by atoms with Crippen LogP contribution in [0.1, 0.15) is 24.8 Å². The molecule has 0 aromatic heterocycles. The van der Waals surface area contributed by atoms with Gasteiger partial charge in [0.1, 0.15) is 0 Å². The lowest BCUT2D eigenvalue weighted by Crippen LogP contribution is -2.44. The van der Waals surface area contributed by atoms with Gasteiger partial charge in [0.05, 0.1) is 6.61 Å². The molecule has 122 valence electrons. The van der Waals surface area contributed by atoms with Crippen LogP contribution in [-0.4, -0.2) is 54.2 Å². The van der Waals surface area contributed by atoms with E-state index in [0.29, 0.717) is 12.1 Å². The lowest BCUT2D eigenvalue weighted by Gasteiger charge is -2.40. The molecule has 3 rings (SSSR count). The normalized spacial score (nSPS) is 26.9. The van der Waals surface area contributed by atoms with Crippen molar-refractivity contribution in [1.82, 2.24) is 9.80 Å². The highest BCUT2D eigenvalue weighted by atomic mass is 19.2. The summed E-state index contributed by atoms with van der Waals surface area (Å²) in [6.07, 6.45) is 3.43. The van der Waals surface area contributed by atoms with Gasteiger partial charge in [-0.25, -0.2) is 8.78 Å². The monoisotopic (exact) mass is 310 g/mol. The Kier molecular flexibility index (Phi) is 4.76. The molecule has 0 aliphatic carbocycles. The second kappa shape index (κ2) is 6.60. The highest BCUT2D eigenvalue weighted by Gasteiger charge is 2.41. The molecule has 2 heterocycles. The summed E-state index contributed by atoms with van der Waals surface area (Å²) in [5.41, 5.74) is 0.708. The van der Waals surface area contributed by atoms with Crippen LogP contribution in [0.15, 0.2) is 18.2 Å². The molecule has 1 aromatic carbocycles. The lowest BCUT2D eigenvalue weighted by molar-refractivity contribution is 0.0840. The van der Waals surface area contributed by atoms with E-state index in [1.54, 1.807) is 12.1 Å². The van der Waals surface area contributed by atoms with E-state index < -0.39 is 11.6 Å². The topological polar surface area (TPSA) is 26.7 Å². The largest absolute Gasteiger partial charge is 0.395 e. The smallest absolute Gasteiger partial charge is 0.163 e. The highest BCUT2D eigenvalue weighted by molar-refractivity contribution is 5.19. The Labute approximate surface area is 130 Å². The third kappa shape index (κ3) is 3.31. The summed E-state index contributed by atoms with van der Waals surface area (Å²) in [6, 6.07) is 4.42. The molecule has 3 nitrogen and oxygen atoms in total. The summed E-state index contributed by atoms with van der Waals surface area (Å²) >= 11 is 0. The number of piperidine rings is 1. The number of rotatable bonds is 4. The Hall–Kier alpha value is -1.04. The molecule has 0 bridgehead atoms. The van der Waals surface area contributed by atoms with Crippen molar-refractivity contribution in [3.8, 4) is 0 Å². The Bertz CT molecular complexity index is 525. The molecule has 1 spiro atoms. The van der Waals surface area contributed by atoms with Gasteiger partial charge in [0.15, 0.2) is 11.6 Å². The number of likely N-dealkylation sites (tertiary alicyclic amines) is 2. The van der Waals surface area contributed by atoms with Gasteiger partial charge in [-0.1, -0.05) is 12.1 Å². The Morgan fingerprint density at radius 3 is 2.73 bits per heavy atom. The summed E-state index contributed by atoms with van der Waals surface area (Å²) in [6.45, 7) is 5.33. The number of aliphatic hydroxyl groups excluding tert-OH is 1. The Balaban J connectivity index is 1.65. The van der Waals surface area contributed by atoms with Gasteiger partial charge in [0, 0.05) is 31.7 Å². The Morgan fingerprint density at radius 1 is 1.09 bits per heavy atom. The molecule has 0 amide bonds. The number of hydrogen-bond donors (Lipinski definition) is 1. The fourth-order valence-electron chi connectivity index (χ4n) is 4.05. The number of β-amino-alcohol motifs (C(OH)–C–C–N with tert-alkyl or cyclic N) is 1. The van der Waals surface area contributed by atoms with Crippen LogP contribution in [0.4, 0.5) is 8.78 Å². The fourth-order valence-corrected chi connectivity index (χ4v) is 4.05. The maximum absolute atomic E-state index is 13.9. The summed E-state index contributed by atoms with van der Waals surface area (Å²) < 4.78 is 27.2. The second-order valence-corrected chi connectivity index (χ2v) is 6.78. The maximum atomic E-state index is 13.9. The number of halogens is 2. The molecule has 2 aliphatic heterocycles. The van der Waals surface area contributed by atoms with E-state index in [0.717, 1.165) is 45.6 Å². The van der Waals surface area contributed by atoms with Crippen LogP contribution in [0.2, 0.25) is 0 Å². The van der Waals surface area contributed by atoms with Crippen molar-refractivity contribution in [2.75, 3.05) is 39.3 Å². The van der Waals surface area contributed by atoms with Crippen molar-refractivity contribution in [3.63, 3.8) is 0 Å². The van der Waals surface area contributed by atoms with Crippen molar-refractivity contribution in [2.45, 2.75) is 25.8 Å². The molecule has 1 atom stereocenters. The molecule has 0 saturated carbocycles. The molecule has 1 N–H and O–H groups in total.